The zero-order chi connectivity index (χ0) is 29.5. The van der Waals surface area contributed by atoms with Crippen LogP contribution in [-0.4, -0.2) is 101 Å². The molecule has 0 spiro atoms. The summed E-state index contributed by atoms with van der Waals surface area (Å²) in [7, 11) is 0. The first-order chi connectivity index (χ1) is 21.0. The van der Waals surface area contributed by atoms with E-state index in [1.807, 2.05) is 23.1 Å². The third kappa shape index (κ3) is 5.25. The molecule has 0 saturated carbocycles. The number of amides is 1. The summed E-state index contributed by atoms with van der Waals surface area (Å²) in [4.78, 5) is 39.1. The summed E-state index contributed by atoms with van der Waals surface area (Å²) < 4.78 is 11.7. The van der Waals surface area contributed by atoms with Crippen LogP contribution in [0.25, 0.3) is 21.6 Å². The number of rotatable bonds is 7. The van der Waals surface area contributed by atoms with Crippen LogP contribution in [-0.2, 0) is 9.47 Å². The molecule has 0 bridgehead atoms. The van der Waals surface area contributed by atoms with Crippen LogP contribution in [0.4, 0.5) is 17.5 Å². The zero-order valence-electron chi connectivity index (χ0n) is 23.1. The number of morpholine rings is 1. The minimum absolute atomic E-state index is 0.0500. The minimum atomic E-state index is -0.420. The summed E-state index contributed by atoms with van der Waals surface area (Å²) in [6.45, 7) is 4.79. The summed E-state index contributed by atoms with van der Waals surface area (Å²) in [6, 6.07) is 7.28. The van der Waals surface area contributed by atoms with E-state index in [4.69, 9.17) is 35.8 Å². The van der Waals surface area contributed by atoms with Crippen molar-refractivity contribution in [2.75, 3.05) is 68.0 Å². The van der Waals surface area contributed by atoms with Crippen molar-refractivity contribution in [3.05, 3.63) is 52.7 Å². The number of hydroxylamine groups is 1. The highest BCUT2D eigenvalue weighted by molar-refractivity contribution is 7.21. The first-order valence-electron chi connectivity index (χ1n) is 14.0. The van der Waals surface area contributed by atoms with E-state index < -0.39 is 6.23 Å². The lowest BCUT2D eigenvalue weighted by Crippen LogP contribution is -2.49. The molecule has 43 heavy (non-hydrogen) atoms. The van der Waals surface area contributed by atoms with Crippen LogP contribution >= 0.6 is 11.3 Å². The number of hydrogen-bond donors (Lipinski definition) is 4. The van der Waals surface area contributed by atoms with Crippen molar-refractivity contribution >= 4 is 51.1 Å². The number of nitrogens with two attached hydrogens (primary N) is 1. The molecule has 3 fully saturated rings. The topological polar surface area (TPSA) is 182 Å². The van der Waals surface area contributed by atoms with Crippen molar-refractivity contribution in [2.24, 2.45) is 0 Å². The Kier molecular flexibility index (Phi) is 7.32. The number of aromatic nitrogens is 4. The predicted molar refractivity (Wildman–Crippen MR) is 161 cm³/mol. The smallest absolute Gasteiger partial charge is 0.264 e. The van der Waals surface area contributed by atoms with Crippen LogP contribution in [0.15, 0.2) is 36.7 Å². The number of carbonyl (C=O) groups excluding carboxylic acids is 1. The SMILES string of the molecule is N=Cc1c(N)cccc1-c1nc(N2CCOCC2)c2sc(C(=O)N3CCN(c4ncc(C5OC5NO)cn4)CC3)cc2n1. The molecule has 0 aliphatic carbocycles. The molecule has 3 aliphatic heterocycles. The lowest BCUT2D eigenvalue weighted by molar-refractivity contribution is 0.0751. The fourth-order valence-corrected chi connectivity index (χ4v) is 6.52. The Balaban J connectivity index is 1.13. The highest BCUT2D eigenvalue weighted by Gasteiger charge is 2.40. The molecule has 4 aromatic rings. The molecule has 1 aromatic carbocycles. The Morgan fingerprint density at radius 2 is 1.86 bits per heavy atom. The predicted octanol–water partition coefficient (Wildman–Crippen LogP) is 1.90. The molecule has 0 radical (unpaired) electrons. The number of fused-ring (bicyclic) bond motifs is 1. The number of piperazine rings is 1. The average molecular weight is 603 g/mol. The van der Waals surface area contributed by atoms with Gasteiger partial charge in [-0.3, -0.25) is 4.79 Å². The van der Waals surface area contributed by atoms with Gasteiger partial charge in [0.1, 0.15) is 6.10 Å². The number of thiophene rings is 1. The maximum Gasteiger partial charge on any atom is 0.264 e. The summed E-state index contributed by atoms with van der Waals surface area (Å²) in [5.41, 5.74) is 11.4. The molecular formula is C28H30N10O4S. The third-order valence-corrected chi connectivity index (χ3v) is 8.96. The highest BCUT2D eigenvalue weighted by atomic mass is 32.1. The van der Waals surface area contributed by atoms with Gasteiger partial charge in [-0.05, 0) is 12.1 Å². The van der Waals surface area contributed by atoms with Gasteiger partial charge in [0.2, 0.25) is 5.95 Å². The molecule has 2 unspecified atom stereocenters. The molecule has 14 nitrogen and oxygen atoms in total. The van der Waals surface area contributed by atoms with Crippen LogP contribution in [0.2, 0.25) is 0 Å². The van der Waals surface area contributed by atoms with Crippen LogP contribution in [0.1, 0.15) is 26.9 Å². The van der Waals surface area contributed by atoms with E-state index in [9.17, 15) is 4.79 Å². The first kappa shape index (κ1) is 27.5. The lowest BCUT2D eigenvalue weighted by Gasteiger charge is -2.34. The van der Waals surface area contributed by atoms with Crippen LogP contribution in [0.3, 0.4) is 0 Å². The van der Waals surface area contributed by atoms with Crippen molar-refractivity contribution in [2.45, 2.75) is 12.3 Å². The molecule has 15 heteroatoms. The third-order valence-electron chi connectivity index (χ3n) is 7.86. The molecule has 7 rings (SSSR count). The Morgan fingerprint density at radius 3 is 2.56 bits per heavy atom. The van der Waals surface area contributed by atoms with Crippen molar-refractivity contribution in [3.63, 3.8) is 0 Å². The number of nitrogens with one attached hydrogen (secondary N) is 2. The second-order valence-corrected chi connectivity index (χ2v) is 11.5. The molecule has 3 saturated heterocycles. The van der Waals surface area contributed by atoms with Gasteiger partial charge in [-0.1, -0.05) is 12.1 Å². The normalized spacial score (nSPS) is 20.4. The van der Waals surface area contributed by atoms with Gasteiger partial charge in [-0.15, -0.1) is 11.3 Å². The van der Waals surface area contributed by atoms with Gasteiger partial charge < -0.3 is 40.5 Å². The summed E-state index contributed by atoms with van der Waals surface area (Å²) in [5.74, 6) is 1.77. The maximum absolute atomic E-state index is 13.7. The Labute approximate surface area is 250 Å². The number of anilines is 3. The summed E-state index contributed by atoms with van der Waals surface area (Å²) >= 11 is 1.40. The van der Waals surface area contributed by atoms with Gasteiger partial charge >= 0.3 is 0 Å². The summed E-state index contributed by atoms with van der Waals surface area (Å²) in [5, 5.41) is 16.9. The molecule has 3 aromatic heterocycles. The Hall–Kier alpha value is -4.28. The van der Waals surface area contributed by atoms with Gasteiger partial charge in [0.25, 0.3) is 5.91 Å². The van der Waals surface area contributed by atoms with Gasteiger partial charge in [0.15, 0.2) is 17.9 Å². The van der Waals surface area contributed by atoms with Gasteiger partial charge in [-0.25, -0.2) is 19.9 Å². The second-order valence-electron chi connectivity index (χ2n) is 10.5. The number of ether oxygens (including phenoxy) is 2. The van der Waals surface area contributed by atoms with E-state index in [1.54, 1.807) is 18.5 Å². The number of hydrogen-bond acceptors (Lipinski definition) is 14. The number of nitrogen functional groups attached to an aromatic ring is 1. The largest absolute Gasteiger partial charge is 0.398 e. The molecule has 5 N–H and O–H groups in total. The minimum Gasteiger partial charge on any atom is -0.398 e. The molecule has 222 valence electrons. The Bertz CT molecular complexity index is 1670. The van der Waals surface area contributed by atoms with Crippen molar-refractivity contribution in [1.29, 1.82) is 5.41 Å². The van der Waals surface area contributed by atoms with Crippen molar-refractivity contribution in [3.8, 4) is 11.4 Å². The van der Waals surface area contributed by atoms with E-state index in [-0.39, 0.29) is 12.0 Å². The molecule has 1 amide bonds. The fourth-order valence-electron chi connectivity index (χ4n) is 5.44. The van der Waals surface area contributed by atoms with Crippen molar-refractivity contribution in [1.82, 2.24) is 30.3 Å². The number of epoxide rings is 1. The quantitative estimate of drug-likeness (QED) is 0.105. The molecule has 3 aliphatic rings. The number of carbonyl (C=O) groups is 1. The molecule has 2 atom stereocenters. The van der Waals surface area contributed by atoms with Gasteiger partial charge in [0, 0.05) is 80.3 Å². The van der Waals surface area contributed by atoms with Gasteiger partial charge in [0.05, 0.1) is 28.3 Å². The van der Waals surface area contributed by atoms with Gasteiger partial charge in [-0.2, -0.15) is 5.48 Å². The van der Waals surface area contributed by atoms with E-state index in [0.29, 0.717) is 91.5 Å². The zero-order valence-corrected chi connectivity index (χ0v) is 24.0. The highest BCUT2D eigenvalue weighted by Crippen LogP contribution is 2.37. The van der Waals surface area contributed by atoms with E-state index in [2.05, 4.69) is 25.2 Å². The maximum atomic E-state index is 13.7. The van der Waals surface area contributed by atoms with Crippen molar-refractivity contribution < 1.29 is 19.5 Å². The Morgan fingerprint density at radius 1 is 1.09 bits per heavy atom. The van der Waals surface area contributed by atoms with Crippen LogP contribution in [0, 0.1) is 5.41 Å². The second kappa shape index (κ2) is 11.4. The lowest BCUT2D eigenvalue weighted by atomic mass is 10.1. The number of nitrogens with zero attached hydrogens (tertiary/aromatic N) is 7. The molecule has 6 heterocycles. The monoisotopic (exact) mass is 602 g/mol. The van der Waals surface area contributed by atoms with E-state index in [0.717, 1.165) is 16.1 Å². The van der Waals surface area contributed by atoms with E-state index >= 15 is 0 Å². The summed E-state index contributed by atoms with van der Waals surface area (Å²) in [6.07, 6.45) is 3.96. The van der Waals surface area contributed by atoms with E-state index in [1.165, 1.54) is 17.6 Å². The number of benzene rings is 1. The fraction of sp³-hybridized carbons (Fsp3) is 0.357. The first-order valence-corrected chi connectivity index (χ1v) is 14.8. The van der Waals surface area contributed by atoms with Crippen LogP contribution < -0.4 is 21.0 Å². The molecular weight excluding hydrogens is 572 g/mol. The standard InChI is InChI=1S/C28H30N10O4S/c29-13-18-17(2-1-3-19(18)30)24-33-20-12-21(43-23(20)25(34-24)36-8-10-41-11-9-36)27(39)37-4-6-38(7-5-37)28-31-14-16(15-32-28)22-26(35-40)42-22/h1-3,12-15,22,26,29,35,40H,4-11,30H2. The average Bonchev–Trinajstić information content (AvgIpc) is 3.73. The van der Waals surface area contributed by atoms with Crippen LogP contribution in [0.5, 0.6) is 0 Å².